The van der Waals surface area contributed by atoms with Gasteiger partial charge in [0.25, 0.3) is 5.56 Å². The molecule has 6 heterocycles. The van der Waals surface area contributed by atoms with Gasteiger partial charge in [-0.15, -0.1) is 10.6 Å². The molecule has 2 atom stereocenters. The van der Waals surface area contributed by atoms with Gasteiger partial charge in [-0.2, -0.15) is 4.98 Å². The van der Waals surface area contributed by atoms with Crippen LogP contribution in [0.4, 0.5) is 11.6 Å². The highest BCUT2D eigenvalue weighted by Crippen LogP contribution is 2.33. The van der Waals surface area contributed by atoms with Gasteiger partial charge in [0, 0.05) is 73.4 Å². The highest BCUT2D eigenvalue weighted by molar-refractivity contribution is 6.27. The molecule has 1 aromatic carbocycles. The minimum atomic E-state index is -0.280. The van der Waals surface area contributed by atoms with Crippen LogP contribution in [0, 0.1) is 0 Å². The number of allylic oxidation sites excluding steroid dienone is 1. The number of anilines is 2. The summed E-state index contributed by atoms with van der Waals surface area (Å²) in [5.41, 5.74) is 10.5. The van der Waals surface area contributed by atoms with Crippen molar-refractivity contribution in [2.45, 2.75) is 58.2 Å². The Morgan fingerprint density at radius 1 is 1.07 bits per heavy atom. The number of aliphatic imine (C=N–C) groups is 1. The van der Waals surface area contributed by atoms with Crippen LogP contribution < -0.4 is 26.7 Å². The van der Waals surface area contributed by atoms with Crippen molar-refractivity contribution in [1.82, 2.24) is 40.4 Å². The molecule has 3 aromatic rings. The summed E-state index contributed by atoms with van der Waals surface area (Å²) >= 11 is 0. The van der Waals surface area contributed by atoms with Gasteiger partial charge in [0.2, 0.25) is 5.95 Å². The number of nitrogens with one attached hydrogen (secondary N) is 3. The van der Waals surface area contributed by atoms with E-state index in [1.165, 1.54) is 0 Å². The Kier molecular flexibility index (Phi) is 8.22. The van der Waals surface area contributed by atoms with E-state index < -0.39 is 0 Å². The van der Waals surface area contributed by atoms with Crippen LogP contribution in [0.5, 0.6) is 5.75 Å². The van der Waals surface area contributed by atoms with Crippen molar-refractivity contribution in [3.63, 3.8) is 0 Å². The number of amidine groups is 1. The molecule has 13 nitrogen and oxygen atoms in total. The molecule has 2 unspecified atom stereocenters. The molecule has 13 heteroatoms. The van der Waals surface area contributed by atoms with E-state index in [9.17, 15) is 4.79 Å². The summed E-state index contributed by atoms with van der Waals surface area (Å²) in [6, 6.07) is 9.58. The monoisotopic (exact) mass is 625 g/mol. The van der Waals surface area contributed by atoms with Gasteiger partial charge in [0.15, 0.2) is 5.84 Å². The minimum absolute atomic E-state index is 0.0284. The number of hydrazone groups is 1. The van der Waals surface area contributed by atoms with Crippen molar-refractivity contribution in [2.75, 3.05) is 52.1 Å². The van der Waals surface area contributed by atoms with Gasteiger partial charge in [-0.3, -0.25) is 19.4 Å². The standard InChI is InChI=1S/C33H43N11O2/c1-6-43-15-11-24(12-16-43)44-30-22(17-27(32(44)45)28-20(2)29(35-21(28)3)31-38-39-40-42(31)5)18-34-33(37-30)36-23-7-9-25(10-8-23)46-26-13-14-41(4)19-26/h7-10,17-18,24,26,29,39-40H,6,11-16,19H2,1-5H3,(H,34,36,37). The topological polar surface area (TPSA) is 128 Å². The van der Waals surface area contributed by atoms with E-state index in [1.54, 1.807) is 0 Å². The predicted molar refractivity (Wildman–Crippen MR) is 181 cm³/mol. The third-order valence-corrected chi connectivity index (χ3v) is 9.64. The molecule has 0 amide bonds. The zero-order valence-corrected chi connectivity index (χ0v) is 27.2. The van der Waals surface area contributed by atoms with Gasteiger partial charge in [0.05, 0.1) is 0 Å². The molecule has 4 aliphatic heterocycles. The summed E-state index contributed by atoms with van der Waals surface area (Å²) in [5, 5.41) is 10.4. The number of hydrazine groups is 2. The van der Waals surface area contributed by atoms with Crippen molar-refractivity contribution in [3.05, 3.63) is 58.0 Å². The smallest absolute Gasteiger partial charge is 0.260 e. The number of ether oxygens (including phenoxy) is 1. The largest absolute Gasteiger partial charge is 0.489 e. The molecule has 2 aromatic heterocycles. The number of hydrogen-bond donors (Lipinski definition) is 3. The lowest BCUT2D eigenvalue weighted by molar-refractivity contribution is 0.194. The zero-order chi connectivity index (χ0) is 31.9. The molecule has 7 rings (SSSR count). The fourth-order valence-electron chi connectivity index (χ4n) is 7.09. The van der Waals surface area contributed by atoms with Crippen LogP contribution in [0.2, 0.25) is 0 Å². The van der Waals surface area contributed by atoms with E-state index in [1.807, 2.05) is 67.0 Å². The first-order chi connectivity index (χ1) is 22.3. The third kappa shape index (κ3) is 5.74. The molecule has 4 aliphatic rings. The molecule has 3 N–H and O–H groups in total. The Balaban J connectivity index is 1.23. The van der Waals surface area contributed by atoms with Gasteiger partial charge in [-0.1, -0.05) is 6.92 Å². The molecular formula is C33H43N11O2. The predicted octanol–water partition coefficient (Wildman–Crippen LogP) is 3.16. The molecule has 2 saturated heterocycles. The van der Waals surface area contributed by atoms with Gasteiger partial charge >= 0.3 is 0 Å². The second kappa shape index (κ2) is 12.5. The zero-order valence-electron chi connectivity index (χ0n) is 27.2. The van der Waals surface area contributed by atoms with Crippen LogP contribution >= 0.6 is 0 Å². The average Bonchev–Trinajstić information content (AvgIpc) is 3.75. The van der Waals surface area contributed by atoms with E-state index in [0.29, 0.717) is 17.2 Å². The summed E-state index contributed by atoms with van der Waals surface area (Å²) in [4.78, 5) is 33.8. The van der Waals surface area contributed by atoms with E-state index in [0.717, 1.165) is 91.5 Å². The van der Waals surface area contributed by atoms with Gasteiger partial charge in [-0.25, -0.2) is 10.5 Å². The van der Waals surface area contributed by atoms with E-state index in [-0.39, 0.29) is 23.7 Å². The summed E-state index contributed by atoms with van der Waals surface area (Å²) in [7, 11) is 4.01. The summed E-state index contributed by atoms with van der Waals surface area (Å²) in [6.45, 7) is 11.1. The maximum absolute atomic E-state index is 14.6. The van der Waals surface area contributed by atoms with Crippen molar-refractivity contribution in [3.8, 4) is 5.75 Å². The number of likely N-dealkylation sites (N-methyl/N-ethyl adjacent to an activating group) is 2. The third-order valence-electron chi connectivity index (χ3n) is 9.64. The maximum atomic E-state index is 14.6. The van der Waals surface area contributed by atoms with Crippen molar-refractivity contribution in [1.29, 1.82) is 0 Å². The summed E-state index contributed by atoms with van der Waals surface area (Å²) in [5.74, 6) is 2.05. The Labute approximate surface area is 269 Å². The van der Waals surface area contributed by atoms with Crippen LogP contribution in [0.25, 0.3) is 16.6 Å². The van der Waals surface area contributed by atoms with Crippen molar-refractivity contribution < 1.29 is 4.74 Å². The molecule has 0 aliphatic carbocycles. The second-order valence-electron chi connectivity index (χ2n) is 12.7. The van der Waals surface area contributed by atoms with Crippen molar-refractivity contribution in [2.24, 2.45) is 10.1 Å². The number of nitrogens with zero attached hydrogens (tertiary/aromatic N) is 8. The number of rotatable bonds is 8. The minimum Gasteiger partial charge on any atom is -0.489 e. The first-order valence-electron chi connectivity index (χ1n) is 16.2. The fraction of sp³-hybridized carbons (Fsp3) is 0.485. The molecule has 0 saturated carbocycles. The molecular weight excluding hydrogens is 582 g/mol. The normalized spacial score (nSPS) is 22.8. The van der Waals surface area contributed by atoms with Gasteiger partial charge in [-0.05, 0) is 82.6 Å². The Morgan fingerprint density at radius 3 is 2.52 bits per heavy atom. The van der Waals surface area contributed by atoms with Crippen LogP contribution in [0.15, 0.2) is 57.0 Å². The van der Waals surface area contributed by atoms with E-state index in [2.05, 4.69) is 50.2 Å². The van der Waals surface area contributed by atoms with Crippen molar-refractivity contribution >= 4 is 39.8 Å². The second-order valence-corrected chi connectivity index (χ2v) is 12.7. The number of fused-ring (bicyclic) bond motifs is 1. The number of likely N-dealkylation sites (tertiary alicyclic amines) is 2. The quantitative estimate of drug-likeness (QED) is 0.344. The van der Waals surface area contributed by atoms with Crippen LogP contribution in [-0.2, 0) is 0 Å². The first-order valence-corrected chi connectivity index (χ1v) is 16.2. The number of pyridine rings is 1. The summed E-state index contributed by atoms with van der Waals surface area (Å²) < 4.78 is 8.08. The highest BCUT2D eigenvalue weighted by Gasteiger charge is 2.34. The lowest BCUT2D eigenvalue weighted by Crippen LogP contribution is -2.41. The number of piperidine rings is 1. The summed E-state index contributed by atoms with van der Waals surface area (Å²) in [6.07, 6.45) is 4.83. The number of aromatic nitrogens is 3. The lowest BCUT2D eigenvalue weighted by Gasteiger charge is -2.32. The van der Waals surface area contributed by atoms with E-state index >= 15 is 0 Å². The average molecular weight is 626 g/mol. The molecule has 242 valence electrons. The fourth-order valence-corrected chi connectivity index (χ4v) is 7.09. The van der Waals surface area contributed by atoms with Gasteiger partial charge < -0.3 is 19.9 Å². The molecule has 0 radical (unpaired) electrons. The van der Waals surface area contributed by atoms with Crippen LogP contribution in [-0.4, -0.2) is 99.9 Å². The number of hydrogen-bond acceptors (Lipinski definition) is 12. The van der Waals surface area contributed by atoms with Crippen LogP contribution in [0.1, 0.15) is 51.6 Å². The molecule has 0 bridgehead atoms. The SMILES string of the molecule is CCN1CCC(n2c(=O)c(C3=C(C)C(C4=NNNN4C)N=C3C)cc3cnc(Nc4ccc(OC5CCN(C)C5)cc4)nc32)CC1. The Bertz CT molecular complexity index is 1770. The lowest BCUT2D eigenvalue weighted by atomic mass is 9.95. The van der Waals surface area contributed by atoms with E-state index in [4.69, 9.17) is 14.7 Å². The number of benzene rings is 1. The molecule has 2 fully saturated rings. The van der Waals surface area contributed by atoms with Gasteiger partial charge in [0.1, 0.15) is 23.5 Å². The first kappa shape index (κ1) is 30.3. The van der Waals surface area contributed by atoms with Crippen LogP contribution in [0.3, 0.4) is 0 Å². The molecule has 46 heavy (non-hydrogen) atoms. The Hall–Kier alpha value is -4.33. The highest BCUT2D eigenvalue weighted by atomic mass is 16.5. The Morgan fingerprint density at radius 2 is 1.85 bits per heavy atom. The maximum Gasteiger partial charge on any atom is 0.260 e. The molecule has 0 spiro atoms.